The van der Waals surface area contributed by atoms with Gasteiger partial charge in [0.2, 0.25) is 0 Å². The maximum absolute atomic E-state index is 13.5. The van der Waals surface area contributed by atoms with E-state index in [-0.39, 0.29) is 19.3 Å². The summed E-state index contributed by atoms with van der Waals surface area (Å²) in [6.07, 6.45) is 2.83. The maximum atomic E-state index is 13.5. The molecule has 0 spiro atoms. The van der Waals surface area contributed by atoms with Crippen LogP contribution in [0.25, 0.3) is 6.08 Å². The topological polar surface area (TPSA) is 74.6 Å². The van der Waals surface area contributed by atoms with Crippen LogP contribution in [0.1, 0.15) is 24.0 Å². The molecule has 1 rings (SSSR count). The first kappa shape index (κ1) is 13.9. The zero-order chi connectivity index (χ0) is 13.5. The van der Waals surface area contributed by atoms with E-state index in [2.05, 4.69) is 0 Å². The summed E-state index contributed by atoms with van der Waals surface area (Å²) >= 11 is 0. The zero-order valence-corrected chi connectivity index (χ0v) is 9.60. The highest BCUT2D eigenvalue weighted by atomic mass is 19.1. The second-order valence-corrected chi connectivity index (χ2v) is 3.74. The van der Waals surface area contributed by atoms with Crippen LogP contribution in [0, 0.1) is 5.82 Å². The molecule has 1 aromatic rings. The van der Waals surface area contributed by atoms with Gasteiger partial charge < -0.3 is 10.2 Å². The maximum Gasteiger partial charge on any atom is 0.307 e. The molecule has 0 amide bonds. The third-order valence-electron chi connectivity index (χ3n) is 2.29. The second-order valence-electron chi connectivity index (χ2n) is 3.74. The van der Waals surface area contributed by atoms with Gasteiger partial charge in [0, 0.05) is 6.42 Å². The summed E-state index contributed by atoms with van der Waals surface area (Å²) < 4.78 is 13.5. The minimum Gasteiger partial charge on any atom is -0.481 e. The minimum absolute atomic E-state index is 0.120. The summed E-state index contributed by atoms with van der Waals surface area (Å²) in [5.74, 6) is -2.40. The van der Waals surface area contributed by atoms with Gasteiger partial charge in [-0.15, -0.1) is 0 Å². The van der Waals surface area contributed by atoms with Gasteiger partial charge in [0.25, 0.3) is 0 Å². The van der Waals surface area contributed by atoms with E-state index >= 15 is 0 Å². The van der Waals surface area contributed by atoms with E-state index in [1.54, 1.807) is 6.07 Å². The quantitative estimate of drug-likeness (QED) is 0.814. The summed E-state index contributed by atoms with van der Waals surface area (Å²) in [6.45, 7) is 0. The standard InChI is InChI=1S/C13H13FO4/c14-11-8-9(2-1-3-12(15)16)4-5-10(11)6-7-13(17)18/h1-2,4-5,8H,3,6-7H2,(H,15,16)(H,17,18). The average molecular weight is 252 g/mol. The van der Waals surface area contributed by atoms with Crippen molar-refractivity contribution in [2.75, 3.05) is 0 Å². The van der Waals surface area contributed by atoms with E-state index in [0.717, 1.165) is 0 Å². The molecule has 0 atom stereocenters. The molecule has 0 unspecified atom stereocenters. The second kappa shape index (κ2) is 6.54. The molecule has 96 valence electrons. The fraction of sp³-hybridized carbons (Fsp3) is 0.231. The van der Waals surface area contributed by atoms with Gasteiger partial charge in [-0.2, -0.15) is 0 Å². The molecular weight excluding hydrogens is 239 g/mol. The largest absolute Gasteiger partial charge is 0.481 e. The van der Waals surface area contributed by atoms with Crippen molar-refractivity contribution in [3.05, 3.63) is 41.2 Å². The minimum atomic E-state index is -0.972. The van der Waals surface area contributed by atoms with Crippen LogP contribution in [0.3, 0.4) is 0 Å². The number of aryl methyl sites for hydroxylation is 1. The fourth-order valence-corrected chi connectivity index (χ4v) is 1.41. The first-order chi connectivity index (χ1) is 8.49. The molecule has 18 heavy (non-hydrogen) atoms. The molecule has 0 aliphatic carbocycles. The van der Waals surface area contributed by atoms with Crippen molar-refractivity contribution in [3.63, 3.8) is 0 Å². The Bertz CT molecular complexity index is 480. The lowest BCUT2D eigenvalue weighted by atomic mass is 10.1. The number of carbonyl (C=O) groups is 2. The molecule has 4 nitrogen and oxygen atoms in total. The van der Waals surface area contributed by atoms with Crippen LogP contribution in [0.2, 0.25) is 0 Å². The third kappa shape index (κ3) is 4.78. The monoisotopic (exact) mass is 252 g/mol. The Kier molecular flexibility index (Phi) is 5.05. The molecule has 0 radical (unpaired) electrons. The highest BCUT2D eigenvalue weighted by Crippen LogP contribution is 2.14. The highest BCUT2D eigenvalue weighted by molar-refractivity contribution is 5.70. The van der Waals surface area contributed by atoms with E-state index < -0.39 is 17.8 Å². The number of halogens is 1. The molecular formula is C13H13FO4. The van der Waals surface area contributed by atoms with Crippen molar-refractivity contribution < 1.29 is 24.2 Å². The smallest absolute Gasteiger partial charge is 0.307 e. The Morgan fingerprint density at radius 3 is 2.50 bits per heavy atom. The molecule has 0 saturated heterocycles. The van der Waals surface area contributed by atoms with Gasteiger partial charge in [-0.3, -0.25) is 9.59 Å². The molecule has 0 fully saturated rings. The Hall–Kier alpha value is -2.17. The summed E-state index contributed by atoms with van der Waals surface area (Å²) in [7, 11) is 0. The Balaban J connectivity index is 2.69. The van der Waals surface area contributed by atoms with Crippen molar-refractivity contribution >= 4 is 18.0 Å². The number of hydrogen-bond donors (Lipinski definition) is 2. The molecule has 0 aliphatic rings. The lowest BCUT2D eigenvalue weighted by molar-refractivity contribution is -0.137. The van der Waals surface area contributed by atoms with Gasteiger partial charge in [-0.1, -0.05) is 24.3 Å². The van der Waals surface area contributed by atoms with Crippen LogP contribution < -0.4 is 0 Å². The van der Waals surface area contributed by atoms with Crippen LogP contribution >= 0.6 is 0 Å². The number of carboxylic acid groups (broad SMARTS) is 2. The fourth-order valence-electron chi connectivity index (χ4n) is 1.41. The molecule has 0 heterocycles. The van der Waals surface area contributed by atoms with Crippen LogP contribution in [0.5, 0.6) is 0 Å². The Morgan fingerprint density at radius 2 is 1.94 bits per heavy atom. The number of benzene rings is 1. The van der Waals surface area contributed by atoms with E-state index in [1.807, 2.05) is 0 Å². The van der Waals surface area contributed by atoms with Crippen LogP contribution in [-0.2, 0) is 16.0 Å². The van der Waals surface area contributed by atoms with Gasteiger partial charge in [0.15, 0.2) is 0 Å². The first-order valence-corrected chi connectivity index (χ1v) is 5.37. The zero-order valence-electron chi connectivity index (χ0n) is 9.60. The number of rotatable bonds is 6. The van der Waals surface area contributed by atoms with Crippen molar-refractivity contribution in [2.45, 2.75) is 19.3 Å². The first-order valence-electron chi connectivity index (χ1n) is 5.37. The average Bonchev–Trinajstić information content (AvgIpc) is 2.27. The van der Waals surface area contributed by atoms with E-state index in [9.17, 15) is 14.0 Å². The summed E-state index contributed by atoms with van der Waals surface area (Å²) in [5, 5.41) is 16.9. The van der Waals surface area contributed by atoms with Gasteiger partial charge in [0.1, 0.15) is 5.82 Å². The van der Waals surface area contributed by atoms with Crippen molar-refractivity contribution in [1.29, 1.82) is 0 Å². The molecule has 0 aromatic heterocycles. The van der Waals surface area contributed by atoms with Gasteiger partial charge in [-0.25, -0.2) is 4.39 Å². The Labute approximate surface area is 103 Å². The molecule has 2 N–H and O–H groups in total. The molecule has 0 saturated carbocycles. The molecule has 0 aliphatic heterocycles. The van der Waals surface area contributed by atoms with Crippen molar-refractivity contribution in [1.82, 2.24) is 0 Å². The third-order valence-corrected chi connectivity index (χ3v) is 2.29. The van der Waals surface area contributed by atoms with E-state index in [4.69, 9.17) is 10.2 Å². The predicted octanol–water partition coefficient (Wildman–Crippen LogP) is 2.33. The van der Waals surface area contributed by atoms with Crippen LogP contribution in [0.4, 0.5) is 4.39 Å². The molecule has 1 aromatic carbocycles. The van der Waals surface area contributed by atoms with Crippen LogP contribution in [0.15, 0.2) is 24.3 Å². The van der Waals surface area contributed by atoms with Gasteiger partial charge >= 0.3 is 11.9 Å². The normalized spacial score (nSPS) is 10.7. The lowest BCUT2D eigenvalue weighted by Gasteiger charge is -2.02. The number of aliphatic carboxylic acids is 2. The van der Waals surface area contributed by atoms with Gasteiger partial charge in [-0.05, 0) is 23.6 Å². The number of carboxylic acids is 2. The van der Waals surface area contributed by atoms with Crippen LogP contribution in [-0.4, -0.2) is 22.2 Å². The SMILES string of the molecule is O=C(O)CC=Cc1ccc(CCC(=O)O)c(F)c1. The summed E-state index contributed by atoms with van der Waals surface area (Å²) in [4.78, 5) is 20.6. The summed E-state index contributed by atoms with van der Waals surface area (Å²) in [5.41, 5.74) is 0.889. The molecule has 5 heteroatoms. The van der Waals surface area contributed by atoms with Crippen molar-refractivity contribution in [3.8, 4) is 0 Å². The summed E-state index contributed by atoms with van der Waals surface area (Å²) in [6, 6.07) is 4.40. The number of hydrogen-bond acceptors (Lipinski definition) is 2. The molecule has 0 bridgehead atoms. The van der Waals surface area contributed by atoms with E-state index in [1.165, 1.54) is 24.3 Å². The highest BCUT2D eigenvalue weighted by Gasteiger charge is 2.05. The Morgan fingerprint density at radius 1 is 1.22 bits per heavy atom. The lowest BCUT2D eigenvalue weighted by Crippen LogP contribution is -1.99. The van der Waals surface area contributed by atoms with Gasteiger partial charge in [0.05, 0.1) is 6.42 Å². The predicted molar refractivity (Wildman–Crippen MR) is 63.6 cm³/mol. The van der Waals surface area contributed by atoms with E-state index in [0.29, 0.717) is 11.1 Å². The van der Waals surface area contributed by atoms with Crippen molar-refractivity contribution in [2.24, 2.45) is 0 Å².